The van der Waals surface area contributed by atoms with Gasteiger partial charge in [-0.2, -0.15) is 0 Å². The van der Waals surface area contributed by atoms with Gasteiger partial charge >= 0.3 is 0 Å². The van der Waals surface area contributed by atoms with Crippen LogP contribution in [0.1, 0.15) is 15.9 Å². The van der Waals surface area contributed by atoms with E-state index in [0.29, 0.717) is 12.0 Å². The van der Waals surface area contributed by atoms with Gasteiger partial charge in [0.25, 0.3) is 5.91 Å². The first-order chi connectivity index (χ1) is 9.29. The minimum Gasteiger partial charge on any atom is -0.394 e. The molecule has 0 spiro atoms. The molecule has 5 heteroatoms. The zero-order valence-electron chi connectivity index (χ0n) is 10.4. The number of aliphatic hydroxyl groups is 1. The third-order valence-corrected chi connectivity index (χ3v) is 2.70. The second-order valence-corrected chi connectivity index (χ2v) is 4.17. The first-order valence-electron chi connectivity index (χ1n) is 6.00. The minimum absolute atomic E-state index is 0.117. The molecule has 1 amide bonds. The second-order valence-electron chi connectivity index (χ2n) is 4.17. The predicted octanol–water partition coefficient (Wildman–Crippen LogP) is 0.810. The number of hydrogen-bond acceptors (Lipinski definition) is 4. The summed E-state index contributed by atoms with van der Waals surface area (Å²) in [5, 5.41) is 12.1. The molecule has 19 heavy (non-hydrogen) atoms. The van der Waals surface area contributed by atoms with Gasteiger partial charge in [-0.1, -0.05) is 30.3 Å². The van der Waals surface area contributed by atoms with E-state index in [-0.39, 0.29) is 18.6 Å². The lowest BCUT2D eigenvalue weighted by Crippen LogP contribution is -2.39. The SMILES string of the molecule is O=C(NC(CO)Cc1ccccc1)c1cncnc1. The zero-order chi connectivity index (χ0) is 13.5. The van der Waals surface area contributed by atoms with Crippen LogP contribution in [0, 0.1) is 0 Å². The molecule has 0 bridgehead atoms. The van der Waals surface area contributed by atoms with Gasteiger partial charge in [-0.25, -0.2) is 9.97 Å². The van der Waals surface area contributed by atoms with Crippen LogP contribution in [0.4, 0.5) is 0 Å². The van der Waals surface area contributed by atoms with Gasteiger partial charge in [0.15, 0.2) is 0 Å². The van der Waals surface area contributed by atoms with Crippen LogP contribution in [0.5, 0.6) is 0 Å². The first-order valence-corrected chi connectivity index (χ1v) is 6.00. The molecule has 1 atom stereocenters. The molecule has 2 N–H and O–H groups in total. The van der Waals surface area contributed by atoms with Crippen molar-refractivity contribution in [1.82, 2.24) is 15.3 Å². The lowest BCUT2D eigenvalue weighted by atomic mass is 10.1. The number of aliphatic hydroxyl groups excluding tert-OH is 1. The van der Waals surface area contributed by atoms with E-state index in [2.05, 4.69) is 15.3 Å². The maximum atomic E-state index is 11.9. The highest BCUT2D eigenvalue weighted by atomic mass is 16.3. The van der Waals surface area contributed by atoms with E-state index >= 15 is 0 Å². The molecule has 0 radical (unpaired) electrons. The normalized spacial score (nSPS) is 11.8. The minimum atomic E-state index is -0.324. The van der Waals surface area contributed by atoms with Crippen molar-refractivity contribution >= 4 is 5.91 Å². The van der Waals surface area contributed by atoms with Crippen LogP contribution in [-0.2, 0) is 6.42 Å². The fourth-order valence-corrected chi connectivity index (χ4v) is 1.74. The first kappa shape index (κ1) is 13.2. The Hall–Kier alpha value is -2.27. The maximum absolute atomic E-state index is 11.9. The smallest absolute Gasteiger partial charge is 0.254 e. The van der Waals surface area contributed by atoms with E-state index in [0.717, 1.165) is 5.56 Å². The molecule has 1 heterocycles. The van der Waals surface area contributed by atoms with E-state index < -0.39 is 0 Å². The van der Waals surface area contributed by atoms with Gasteiger partial charge in [0, 0.05) is 12.4 Å². The number of aromatic nitrogens is 2. The zero-order valence-corrected chi connectivity index (χ0v) is 10.4. The van der Waals surface area contributed by atoms with Crippen molar-refractivity contribution < 1.29 is 9.90 Å². The highest BCUT2D eigenvalue weighted by Crippen LogP contribution is 2.04. The number of nitrogens with zero attached hydrogens (tertiary/aromatic N) is 2. The van der Waals surface area contributed by atoms with Crippen LogP contribution in [0.3, 0.4) is 0 Å². The number of amides is 1. The molecular formula is C14H15N3O2. The Bertz CT molecular complexity index is 517. The fourth-order valence-electron chi connectivity index (χ4n) is 1.74. The second kappa shape index (κ2) is 6.61. The molecule has 0 aliphatic carbocycles. The van der Waals surface area contributed by atoms with Crippen LogP contribution in [0.2, 0.25) is 0 Å². The van der Waals surface area contributed by atoms with E-state index in [1.807, 2.05) is 30.3 Å². The Morgan fingerprint density at radius 3 is 2.53 bits per heavy atom. The Balaban J connectivity index is 1.98. The molecular weight excluding hydrogens is 242 g/mol. The number of benzene rings is 1. The summed E-state index contributed by atoms with van der Waals surface area (Å²) in [6.07, 6.45) is 4.83. The molecule has 0 fully saturated rings. The summed E-state index contributed by atoms with van der Waals surface area (Å²) in [6.45, 7) is -0.117. The quantitative estimate of drug-likeness (QED) is 0.831. The molecule has 2 rings (SSSR count). The van der Waals surface area contributed by atoms with Crippen molar-refractivity contribution in [3.05, 3.63) is 60.2 Å². The Labute approximate surface area is 111 Å². The van der Waals surface area contributed by atoms with Gasteiger partial charge in [-0.05, 0) is 12.0 Å². The van der Waals surface area contributed by atoms with Gasteiger partial charge < -0.3 is 10.4 Å². The molecule has 1 aromatic heterocycles. The van der Waals surface area contributed by atoms with Gasteiger partial charge in [0.05, 0.1) is 18.2 Å². The fraction of sp³-hybridized carbons (Fsp3) is 0.214. The molecule has 2 aromatic rings. The number of nitrogens with one attached hydrogen (secondary N) is 1. The van der Waals surface area contributed by atoms with Crippen LogP contribution in [0.15, 0.2) is 49.1 Å². The van der Waals surface area contributed by atoms with Gasteiger partial charge in [0.2, 0.25) is 0 Å². The third-order valence-electron chi connectivity index (χ3n) is 2.70. The lowest BCUT2D eigenvalue weighted by molar-refractivity contribution is 0.0915. The Morgan fingerprint density at radius 2 is 1.89 bits per heavy atom. The van der Waals surface area contributed by atoms with Crippen molar-refractivity contribution in [3.8, 4) is 0 Å². The summed E-state index contributed by atoms with van der Waals surface area (Å²) in [4.78, 5) is 19.5. The van der Waals surface area contributed by atoms with E-state index in [9.17, 15) is 9.90 Å². The molecule has 0 aliphatic rings. The summed E-state index contributed by atoms with van der Waals surface area (Å²) in [5.74, 6) is -0.282. The third kappa shape index (κ3) is 3.86. The average molecular weight is 257 g/mol. The van der Waals surface area contributed by atoms with Crippen LogP contribution < -0.4 is 5.32 Å². The standard InChI is InChI=1S/C14H15N3O2/c18-9-13(6-11-4-2-1-3-5-11)17-14(19)12-7-15-10-16-8-12/h1-5,7-8,10,13,18H,6,9H2,(H,17,19). The number of rotatable bonds is 5. The Kier molecular flexibility index (Phi) is 4.58. The van der Waals surface area contributed by atoms with Crippen LogP contribution >= 0.6 is 0 Å². The average Bonchev–Trinajstić information content (AvgIpc) is 2.48. The molecule has 1 unspecified atom stereocenters. The van der Waals surface area contributed by atoms with E-state index in [1.165, 1.54) is 18.7 Å². The van der Waals surface area contributed by atoms with Gasteiger partial charge in [0.1, 0.15) is 6.33 Å². The molecule has 98 valence electrons. The van der Waals surface area contributed by atoms with Crippen LogP contribution in [0.25, 0.3) is 0 Å². The summed E-state index contributed by atoms with van der Waals surface area (Å²) in [7, 11) is 0. The summed E-state index contributed by atoms with van der Waals surface area (Å²) in [6, 6.07) is 9.38. The number of carbonyl (C=O) groups is 1. The summed E-state index contributed by atoms with van der Waals surface area (Å²) < 4.78 is 0. The monoisotopic (exact) mass is 257 g/mol. The Morgan fingerprint density at radius 1 is 1.21 bits per heavy atom. The van der Waals surface area contributed by atoms with Gasteiger partial charge in [-0.3, -0.25) is 4.79 Å². The largest absolute Gasteiger partial charge is 0.394 e. The summed E-state index contributed by atoms with van der Waals surface area (Å²) >= 11 is 0. The molecule has 0 saturated carbocycles. The maximum Gasteiger partial charge on any atom is 0.254 e. The summed E-state index contributed by atoms with van der Waals surface area (Å²) in [5.41, 5.74) is 1.44. The highest BCUT2D eigenvalue weighted by molar-refractivity contribution is 5.93. The van der Waals surface area contributed by atoms with Crippen molar-refractivity contribution in [2.75, 3.05) is 6.61 Å². The predicted molar refractivity (Wildman–Crippen MR) is 70.5 cm³/mol. The van der Waals surface area contributed by atoms with E-state index in [1.54, 1.807) is 0 Å². The van der Waals surface area contributed by atoms with Crippen molar-refractivity contribution in [1.29, 1.82) is 0 Å². The molecule has 5 nitrogen and oxygen atoms in total. The van der Waals surface area contributed by atoms with Crippen molar-refractivity contribution in [2.45, 2.75) is 12.5 Å². The number of carbonyl (C=O) groups excluding carboxylic acids is 1. The highest BCUT2D eigenvalue weighted by Gasteiger charge is 2.13. The molecule has 0 aliphatic heterocycles. The van der Waals surface area contributed by atoms with Crippen LogP contribution in [-0.4, -0.2) is 33.6 Å². The van der Waals surface area contributed by atoms with Crippen molar-refractivity contribution in [3.63, 3.8) is 0 Å². The lowest BCUT2D eigenvalue weighted by Gasteiger charge is -2.16. The molecule has 1 aromatic carbocycles. The van der Waals surface area contributed by atoms with Crippen molar-refractivity contribution in [2.24, 2.45) is 0 Å². The number of hydrogen-bond donors (Lipinski definition) is 2. The van der Waals surface area contributed by atoms with Gasteiger partial charge in [-0.15, -0.1) is 0 Å². The van der Waals surface area contributed by atoms with E-state index in [4.69, 9.17) is 0 Å². The molecule has 0 saturated heterocycles. The topological polar surface area (TPSA) is 75.1 Å².